The molecule has 0 aliphatic heterocycles. The lowest BCUT2D eigenvalue weighted by molar-refractivity contribution is 0.857. The van der Waals surface area contributed by atoms with Crippen LogP contribution in [-0.2, 0) is 6.42 Å². The van der Waals surface area contributed by atoms with Crippen molar-refractivity contribution in [1.82, 2.24) is 0 Å². The normalized spacial score (nSPS) is 10.3. The molecule has 130 valence electrons. The van der Waals surface area contributed by atoms with Crippen LogP contribution in [-0.4, -0.2) is 4.58 Å². The number of hydrogen-bond donors (Lipinski definition) is 0. The molecule has 0 radical (unpaired) electrons. The lowest BCUT2D eigenvalue weighted by atomic mass is 10.1. The molecule has 26 heavy (non-hydrogen) atoms. The van der Waals surface area contributed by atoms with E-state index in [1.807, 2.05) is 23.5 Å². The summed E-state index contributed by atoms with van der Waals surface area (Å²) in [5.74, 6) is 6.88. The summed E-state index contributed by atoms with van der Waals surface area (Å²) in [5.41, 5.74) is 1.39. The first-order chi connectivity index (χ1) is 12.9. The maximum atomic E-state index is 3.48. The Hall–Kier alpha value is -2.08. The summed E-state index contributed by atoms with van der Waals surface area (Å²) in [6.07, 6.45) is 3.14. The van der Waals surface area contributed by atoms with Gasteiger partial charge in [-0.3, -0.25) is 0 Å². The van der Waals surface area contributed by atoms with E-state index in [1.54, 1.807) is 0 Å². The Morgan fingerprint density at radius 3 is 1.69 bits per heavy atom. The fourth-order valence-corrected chi connectivity index (χ4v) is 4.78. The average Bonchev–Trinajstić information content (AvgIpc) is 2.70. The molecule has 0 saturated carbocycles. The zero-order valence-electron chi connectivity index (χ0n) is 14.7. The molecule has 0 atom stereocenters. The number of rotatable bonds is 7. The molecule has 3 aromatic rings. The van der Waals surface area contributed by atoms with Crippen molar-refractivity contribution >= 4 is 23.5 Å². The van der Waals surface area contributed by atoms with Crippen molar-refractivity contribution in [2.24, 2.45) is 0 Å². The van der Waals surface area contributed by atoms with Crippen LogP contribution >= 0.6 is 23.5 Å². The topological polar surface area (TPSA) is 0 Å². The van der Waals surface area contributed by atoms with Gasteiger partial charge in [0.25, 0.3) is 0 Å². The highest BCUT2D eigenvalue weighted by Gasteiger charge is 2.09. The van der Waals surface area contributed by atoms with Crippen LogP contribution in [0.5, 0.6) is 0 Å². The van der Waals surface area contributed by atoms with Crippen molar-refractivity contribution in [2.45, 2.75) is 33.6 Å². The van der Waals surface area contributed by atoms with Gasteiger partial charge in [0.05, 0.1) is 0 Å². The summed E-state index contributed by atoms with van der Waals surface area (Å²) < 4.78 is 0.205. The van der Waals surface area contributed by atoms with Crippen molar-refractivity contribution in [1.29, 1.82) is 0 Å². The van der Waals surface area contributed by atoms with Crippen molar-refractivity contribution in [3.05, 3.63) is 96.6 Å². The predicted octanol–water partition coefficient (Wildman–Crippen LogP) is 6.92. The second-order valence-electron chi connectivity index (χ2n) is 5.85. The molecule has 0 unspecified atom stereocenters. The van der Waals surface area contributed by atoms with Crippen LogP contribution in [0.1, 0.15) is 18.4 Å². The highest BCUT2D eigenvalue weighted by Crippen LogP contribution is 2.34. The van der Waals surface area contributed by atoms with E-state index in [4.69, 9.17) is 0 Å². The lowest BCUT2D eigenvalue weighted by Crippen LogP contribution is -1.93. The Bertz CT molecular complexity index is 776. The van der Waals surface area contributed by atoms with Gasteiger partial charge >= 0.3 is 0 Å². The molecular weight excluding hydrogens is 352 g/mol. The lowest BCUT2D eigenvalue weighted by Gasteiger charge is -2.10. The van der Waals surface area contributed by atoms with Crippen LogP contribution in [0.3, 0.4) is 0 Å². The van der Waals surface area contributed by atoms with Gasteiger partial charge in [-0.1, -0.05) is 96.2 Å². The monoisotopic (exact) mass is 374 g/mol. The Kier molecular flexibility index (Phi) is 7.78. The molecule has 0 aromatic heterocycles. The molecule has 0 saturated heterocycles. The SMILES string of the molecule is C(#CC(Sc1ccccc1)Sc1ccccc1)CCCc1ccccc1. The van der Waals surface area contributed by atoms with E-state index in [1.165, 1.54) is 15.4 Å². The molecule has 0 bridgehead atoms. The Morgan fingerprint density at radius 2 is 1.15 bits per heavy atom. The van der Waals surface area contributed by atoms with Gasteiger partial charge < -0.3 is 0 Å². The third kappa shape index (κ3) is 6.67. The van der Waals surface area contributed by atoms with Gasteiger partial charge in [-0.05, 0) is 42.7 Å². The van der Waals surface area contributed by atoms with Crippen LogP contribution in [0.25, 0.3) is 0 Å². The van der Waals surface area contributed by atoms with Gasteiger partial charge in [0.15, 0.2) is 0 Å². The van der Waals surface area contributed by atoms with Crippen molar-refractivity contribution in [2.75, 3.05) is 0 Å². The minimum absolute atomic E-state index is 0.205. The van der Waals surface area contributed by atoms with E-state index in [9.17, 15) is 0 Å². The Balaban J connectivity index is 1.58. The van der Waals surface area contributed by atoms with E-state index in [2.05, 4.69) is 103 Å². The van der Waals surface area contributed by atoms with Crippen molar-refractivity contribution in [3.8, 4) is 11.8 Å². The van der Waals surface area contributed by atoms with Crippen LogP contribution in [0.4, 0.5) is 0 Å². The summed E-state index contributed by atoms with van der Waals surface area (Å²) in [6, 6.07) is 31.7. The minimum Gasteiger partial charge on any atom is -0.101 e. The van der Waals surface area contributed by atoms with Gasteiger partial charge in [-0.2, -0.15) is 0 Å². The number of aryl methyl sites for hydroxylation is 1. The number of thioether (sulfide) groups is 2. The summed E-state index contributed by atoms with van der Waals surface area (Å²) in [6.45, 7) is 0. The molecule has 0 aliphatic rings. The predicted molar refractivity (Wildman–Crippen MR) is 116 cm³/mol. The standard InChI is InChI=1S/C24H22S2/c1-5-13-21(14-6-1)15-7-2-12-20-24(25-22-16-8-3-9-17-22)26-23-18-10-4-11-19-23/h1,3-6,8-11,13-14,16-19,24H,2,7,15H2. The molecule has 2 heteroatoms. The molecule has 0 aliphatic carbocycles. The van der Waals surface area contributed by atoms with Gasteiger partial charge in [-0.15, -0.1) is 5.92 Å². The first kappa shape index (κ1) is 18.7. The minimum atomic E-state index is 0.205. The molecule has 3 rings (SSSR count). The Morgan fingerprint density at radius 1 is 0.654 bits per heavy atom. The molecular formula is C24H22S2. The molecule has 0 N–H and O–H groups in total. The maximum absolute atomic E-state index is 3.48. The molecule has 0 fully saturated rings. The molecule has 0 heterocycles. The van der Waals surface area contributed by atoms with Gasteiger partial charge in [-0.25, -0.2) is 0 Å². The first-order valence-corrected chi connectivity index (χ1v) is 10.6. The van der Waals surface area contributed by atoms with Crippen LogP contribution in [0.15, 0.2) is 101 Å². The number of benzene rings is 3. The quantitative estimate of drug-likeness (QED) is 0.190. The first-order valence-electron chi connectivity index (χ1n) is 8.86. The second kappa shape index (κ2) is 10.8. The molecule has 0 spiro atoms. The Labute approximate surface area is 165 Å². The smallest absolute Gasteiger partial charge is 0.101 e. The van der Waals surface area contributed by atoms with Crippen molar-refractivity contribution < 1.29 is 0 Å². The fourth-order valence-electron chi connectivity index (χ4n) is 2.51. The third-order valence-corrected chi connectivity index (χ3v) is 6.13. The highest BCUT2D eigenvalue weighted by molar-refractivity contribution is 8.17. The highest BCUT2D eigenvalue weighted by atomic mass is 32.2. The van der Waals surface area contributed by atoms with Crippen LogP contribution in [0.2, 0.25) is 0 Å². The van der Waals surface area contributed by atoms with E-state index >= 15 is 0 Å². The van der Waals surface area contributed by atoms with Gasteiger partial charge in [0, 0.05) is 16.2 Å². The maximum Gasteiger partial charge on any atom is 0.120 e. The summed E-state index contributed by atoms with van der Waals surface area (Å²) >= 11 is 3.65. The van der Waals surface area contributed by atoms with E-state index in [-0.39, 0.29) is 4.58 Å². The molecule has 0 amide bonds. The van der Waals surface area contributed by atoms with Gasteiger partial charge in [0.1, 0.15) is 4.58 Å². The van der Waals surface area contributed by atoms with E-state index in [0.717, 1.165) is 19.3 Å². The van der Waals surface area contributed by atoms with Crippen LogP contribution < -0.4 is 0 Å². The number of hydrogen-bond acceptors (Lipinski definition) is 2. The number of unbranched alkanes of at least 4 members (excludes halogenated alkanes) is 1. The largest absolute Gasteiger partial charge is 0.120 e. The van der Waals surface area contributed by atoms with Crippen molar-refractivity contribution in [3.63, 3.8) is 0 Å². The zero-order chi connectivity index (χ0) is 17.9. The summed E-state index contributed by atoms with van der Waals surface area (Å²) in [7, 11) is 0. The van der Waals surface area contributed by atoms with Crippen LogP contribution in [0, 0.1) is 11.8 Å². The average molecular weight is 375 g/mol. The van der Waals surface area contributed by atoms with E-state index in [0.29, 0.717) is 0 Å². The zero-order valence-corrected chi connectivity index (χ0v) is 16.3. The molecule has 3 aromatic carbocycles. The van der Waals surface area contributed by atoms with E-state index < -0.39 is 0 Å². The fraction of sp³-hybridized carbons (Fsp3) is 0.167. The molecule has 0 nitrogen and oxygen atoms in total. The third-order valence-electron chi connectivity index (χ3n) is 3.80. The summed E-state index contributed by atoms with van der Waals surface area (Å²) in [5, 5.41) is 0. The van der Waals surface area contributed by atoms with Gasteiger partial charge in [0.2, 0.25) is 0 Å². The second-order valence-corrected chi connectivity index (χ2v) is 8.51. The summed E-state index contributed by atoms with van der Waals surface area (Å²) in [4.78, 5) is 2.53.